The second-order valence-electron chi connectivity index (χ2n) is 7.87. The van der Waals surface area contributed by atoms with Crippen molar-refractivity contribution in [2.45, 2.75) is 13.0 Å². The van der Waals surface area contributed by atoms with Crippen LogP contribution in [-0.2, 0) is 11.3 Å². The van der Waals surface area contributed by atoms with Crippen LogP contribution in [0.3, 0.4) is 0 Å². The standard InChI is InChI=1S/C26H24FN3O4/c1-34-25(32)22-5-2-3-6-23(22)28-24(31)19-9-13-21(14-10-19)30-16-4-15-29(26(30)33)17-18-7-11-20(27)12-8-18/h2-3,5-14H,4,15-17H2,1H3,(H,28,31). The summed E-state index contributed by atoms with van der Waals surface area (Å²) in [7, 11) is 1.28. The van der Waals surface area contributed by atoms with Gasteiger partial charge in [0.1, 0.15) is 5.82 Å². The van der Waals surface area contributed by atoms with Gasteiger partial charge in [-0.2, -0.15) is 0 Å². The number of esters is 1. The number of nitrogens with zero attached hydrogens (tertiary/aromatic N) is 2. The average Bonchev–Trinajstić information content (AvgIpc) is 2.86. The number of para-hydroxylation sites is 1. The fourth-order valence-corrected chi connectivity index (χ4v) is 3.85. The smallest absolute Gasteiger partial charge is 0.339 e. The van der Waals surface area contributed by atoms with Crippen LogP contribution in [0, 0.1) is 5.82 Å². The second kappa shape index (κ2) is 10.2. The number of nitrogens with one attached hydrogen (secondary N) is 1. The van der Waals surface area contributed by atoms with Gasteiger partial charge in [-0.1, -0.05) is 24.3 Å². The second-order valence-corrected chi connectivity index (χ2v) is 7.87. The minimum Gasteiger partial charge on any atom is -0.465 e. The summed E-state index contributed by atoms with van der Waals surface area (Å²) >= 11 is 0. The van der Waals surface area contributed by atoms with Crippen LogP contribution in [0.5, 0.6) is 0 Å². The van der Waals surface area contributed by atoms with Crippen LogP contribution in [0.1, 0.15) is 32.7 Å². The van der Waals surface area contributed by atoms with Crippen molar-refractivity contribution in [1.82, 2.24) is 4.90 Å². The van der Waals surface area contributed by atoms with E-state index < -0.39 is 5.97 Å². The molecule has 174 valence electrons. The highest BCUT2D eigenvalue weighted by atomic mass is 19.1. The van der Waals surface area contributed by atoms with Crippen LogP contribution in [-0.4, -0.2) is 43.0 Å². The molecule has 7 nitrogen and oxygen atoms in total. The van der Waals surface area contributed by atoms with Crippen molar-refractivity contribution in [3.8, 4) is 0 Å². The Morgan fingerprint density at radius 1 is 0.971 bits per heavy atom. The summed E-state index contributed by atoms with van der Waals surface area (Å²) < 4.78 is 17.9. The number of rotatable bonds is 6. The SMILES string of the molecule is COC(=O)c1ccccc1NC(=O)c1ccc(N2CCCN(Cc3ccc(F)cc3)C2=O)cc1. The van der Waals surface area contributed by atoms with E-state index in [2.05, 4.69) is 5.32 Å². The Hall–Kier alpha value is -4.20. The van der Waals surface area contributed by atoms with Crippen molar-refractivity contribution in [3.05, 3.63) is 95.3 Å². The lowest BCUT2D eigenvalue weighted by atomic mass is 10.1. The van der Waals surface area contributed by atoms with Gasteiger partial charge in [0, 0.05) is 30.9 Å². The van der Waals surface area contributed by atoms with Crippen LogP contribution < -0.4 is 10.2 Å². The molecule has 3 aromatic carbocycles. The van der Waals surface area contributed by atoms with E-state index in [4.69, 9.17) is 4.74 Å². The highest BCUT2D eigenvalue weighted by molar-refractivity contribution is 6.08. The van der Waals surface area contributed by atoms with Gasteiger partial charge in [-0.05, 0) is 60.5 Å². The van der Waals surface area contributed by atoms with E-state index in [1.807, 2.05) is 0 Å². The van der Waals surface area contributed by atoms with E-state index in [0.29, 0.717) is 36.6 Å². The van der Waals surface area contributed by atoms with Gasteiger partial charge in [-0.3, -0.25) is 9.69 Å². The zero-order chi connectivity index (χ0) is 24.1. The molecule has 1 fully saturated rings. The van der Waals surface area contributed by atoms with Crippen molar-refractivity contribution in [3.63, 3.8) is 0 Å². The van der Waals surface area contributed by atoms with Gasteiger partial charge in [-0.25, -0.2) is 14.0 Å². The van der Waals surface area contributed by atoms with Crippen molar-refractivity contribution in [2.75, 3.05) is 30.4 Å². The first kappa shape index (κ1) is 23.0. The number of halogens is 1. The van der Waals surface area contributed by atoms with Gasteiger partial charge in [0.15, 0.2) is 0 Å². The van der Waals surface area contributed by atoms with Crippen molar-refractivity contribution < 1.29 is 23.5 Å². The first-order chi connectivity index (χ1) is 16.5. The molecule has 1 N–H and O–H groups in total. The number of urea groups is 1. The normalized spacial score (nSPS) is 13.5. The Bertz CT molecular complexity index is 1200. The lowest BCUT2D eigenvalue weighted by Crippen LogP contribution is -2.49. The summed E-state index contributed by atoms with van der Waals surface area (Å²) in [5.74, 6) is -1.24. The fourth-order valence-electron chi connectivity index (χ4n) is 3.85. The topological polar surface area (TPSA) is 79.0 Å². The maximum absolute atomic E-state index is 13.2. The Labute approximate surface area is 196 Å². The van der Waals surface area contributed by atoms with Gasteiger partial charge in [0.25, 0.3) is 5.91 Å². The summed E-state index contributed by atoms with van der Waals surface area (Å²) in [6.07, 6.45) is 0.791. The highest BCUT2D eigenvalue weighted by Crippen LogP contribution is 2.23. The number of methoxy groups -OCH3 is 1. The molecule has 1 saturated heterocycles. The molecule has 0 radical (unpaired) electrons. The number of hydrogen-bond acceptors (Lipinski definition) is 4. The van der Waals surface area contributed by atoms with E-state index in [0.717, 1.165) is 12.0 Å². The molecule has 1 heterocycles. The molecule has 3 amide bonds. The third kappa shape index (κ3) is 5.06. The third-order valence-electron chi connectivity index (χ3n) is 5.62. The third-order valence-corrected chi connectivity index (χ3v) is 5.62. The van der Waals surface area contributed by atoms with Gasteiger partial charge in [-0.15, -0.1) is 0 Å². The number of benzene rings is 3. The Balaban J connectivity index is 1.45. The van der Waals surface area contributed by atoms with Crippen LogP contribution >= 0.6 is 0 Å². The number of carbonyl (C=O) groups excluding carboxylic acids is 3. The van der Waals surface area contributed by atoms with Crippen LogP contribution in [0.15, 0.2) is 72.8 Å². The van der Waals surface area contributed by atoms with Crippen molar-refractivity contribution >= 4 is 29.3 Å². The maximum Gasteiger partial charge on any atom is 0.339 e. The van der Waals surface area contributed by atoms with Crippen molar-refractivity contribution in [2.24, 2.45) is 0 Å². The summed E-state index contributed by atoms with van der Waals surface area (Å²) in [4.78, 5) is 41.1. The molecule has 1 aliphatic heterocycles. The summed E-state index contributed by atoms with van der Waals surface area (Å²) in [6, 6.07) is 19.3. The number of ether oxygens (including phenoxy) is 1. The number of hydrogen-bond donors (Lipinski definition) is 1. The molecule has 0 aromatic heterocycles. The van der Waals surface area contributed by atoms with Gasteiger partial charge in [0.05, 0.1) is 18.4 Å². The van der Waals surface area contributed by atoms with E-state index in [1.165, 1.54) is 19.2 Å². The molecular formula is C26H24FN3O4. The minimum atomic E-state index is -0.542. The lowest BCUT2D eigenvalue weighted by Gasteiger charge is -2.35. The maximum atomic E-state index is 13.2. The first-order valence-electron chi connectivity index (χ1n) is 10.9. The Morgan fingerprint density at radius 2 is 1.68 bits per heavy atom. The van der Waals surface area contributed by atoms with E-state index >= 15 is 0 Å². The van der Waals surface area contributed by atoms with E-state index in [9.17, 15) is 18.8 Å². The van der Waals surface area contributed by atoms with E-state index in [-0.39, 0.29) is 23.3 Å². The molecule has 0 atom stereocenters. The molecular weight excluding hydrogens is 437 g/mol. The molecule has 4 rings (SSSR count). The monoisotopic (exact) mass is 461 g/mol. The minimum absolute atomic E-state index is 0.139. The first-order valence-corrected chi connectivity index (χ1v) is 10.9. The molecule has 8 heteroatoms. The molecule has 34 heavy (non-hydrogen) atoms. The van der Waals surface area contributed by atoms with Crippen molar-refractivity contribution in [1.29, 1.82) is 0 Å². The summed E-state index contributed by atoms with van der Waals surface area (Å²) in [5.41, 5.74) is 2.54. The van der Waals surface area contributed by atoms with E-state index in [1.54, 1.807) is 70.5 Å². The summed E-state index contributed by atoms with van der Waals surface area (Å²) in [6.45, 7) is 1.58. The molecule has 1 aliphatic rings. The Kier molecular flexibility index (Phi) is 6.87. The van der Waals surface area contributed by atoms with Crippen LogP contribution in [0.25, 0.3) is 0 Å². The zero-order valence-corrected chi connectivity index (χ0v) is 18.7. The van der Waals surface area contributed by atoms with Gasteiger partial charge in [0.2, 0.25) is 0 Å². The fraction of sp³-hybridized carbons (Fsp3) is 0.192. The average molecular weight is 461 g/mol. The zero-order valence-electron chi connectivity index (χ0n) is 18.7. The van der Waals surface area contributed by atoms with Gasteiger partial charge >= 0.3 is 12.0 Å². The lowest BCUT2D eigenvalue weighted by molar-refractivity contribution is 0.0602. The highest BCUT2D eigenvalue weighted by Gasteiger charge is 2.27. The predicted octanol–water partition coefficient (Wildman–Crippen LogP) is 4.70. The molecule has 0 unspecified atom stereocenters. The molecule has 0 spiro atoms. The van der Waals surface area contributed by atoms with Gasteiger partial charge < -0.3 is 15.0 Å². The number of carbonyl (C=O) groups is 3. The Morgan fingerprint density at radius 3 is 2.38 bits per heavy atom. The molecule has 0 aliphatic carbocycles. The molecule has 3 aromatic rings. The van der Waals surface area contributed by atoms with Crippen LogP contribution in [0.4, 0.5) is 20.6 Å². The number of amides is 3. The summed E-state index contributed by atoms with van der Waals surface area (Å²) in [5, 5.41) is 2.73. The molecule has 0 bridgehead atoms. The largest absolute Gasteiger partial charge is 0.465 e. The number of anilines is 2. The molecule has 0 saturated carbocycles. The van der Waals surface area contributed by atoms with Crippen LogP contribution in [0.2, 0.25) is 0 Å². The quantitative estimate of drug-likeness (QED) is 0.540. The predicted molar refractivity (Wildman–Crippen MR) is 126 cm³/mol.